The van der Waals surface area contributed by atoms with Crippen LogP contribution in [0.2, 0.25) is 0 Å². The van der Waals surface area contributed by atoms with E-state index < -0.39 is 17.4 Å². The van der Waals surface area contributed by atoms with Crippen molar-refractivity contribution in [3.63, 3.8) is 0 Å². The maximum absolute atomic E-state index is 13.4. The molecule has 0 bridgehead atoms. The van der Waals surface area contributed by atoms with E-state index in [1.54, 1.807) is 24.0 Å². The number of ketones is 1. The molecular weight excluding hydrogens is 226 g/mol. The summed E-state index contributed by atoms with van der Waals surface area (Å²) in [6, 6.07) is 3.56. The minimum Gasteiger partial charge on any atom is -0.338 e. The number of halogens is 2. The van der Waals surface area contributed by atoms with E-state index >= 15 is 0 Å². The molecule has 0 amide bonds. The smallest absolute Gasteiger partial charge is 0.173 e. The van der Waals surface area contributed by atoms with Gasteiger partial charge in [-0.1, -0.05) is 6.07 Å². The molecule has 0 atom stereocenters. The van der Waals surface area contributed by atoms with E-state index in [1.165, 1.54) is 12.1 Å². The summed E-state index contributed by atoms with van der Waals surface area (Å²) in [5, 5.41) is 0. The van der Waals surface area contributed by atoms with Gasteiger partial charge < -0.3 is 4.57 Å². The van der Waals surface area contributed by atoms with Gasteiger partial charge in [0.15, 0.2) is 17.4 Å². The third-order valence-corrected chi connectivity index (χ3v) is 2.49. The number of hydrogen-bond acceptors (Lipinski definition) is 2. The fourth-order valence-electron chi connectivity index (χ4n) is 1.52. The third kappa shape index (κ3) is 2.22. The van der Waals surface area contributed by atoms with E-state index in [1.807, 2.05) is 0 Å². The van der Waals surface area contributed by atoms with Crippen LogP contribution in [0.25, 0.3) is 0 Å². The molecule has 0 unspecified atom stereocenters. The number of benzene rings is 1. The van der Waals surface area contributed by atoms with Gasteiger partial charge in [-0.3, -0.25) is 4.79 Å². The molecule has 0 aliphatic rings. The van der Waals surface area contributed by atoms with Crippen LogP contribution in [0.5, 0.6) is 0 Å². The van der Waals surface area contributed by atoms with Gasteiger partial charge in [0.25, 0.3) is 0 Å². The predicted octanol–water partition coefficient (Wildman–Crippen LogP) is 2.12. The minimum absolute atomic E-state index is 0.0517. The van der Waals surface area contributed by atoms with Crippen molar-refractivity contribution in [3.05, 3.63) is 53.6 Å². The summed E-state index contributed by atoms with van der Waals surface area (Å²) >= 11 is 0. The number of rotatable bonds is 3. The molecule has 17 heavy (non-hydrogen) atoms. The van der Waals surface area contributed by atoms with Crippen molar-refractivity contribution in [3.8, 4) is 0 Å². The van der Waals surface area contributed by atoms with Gasteiger partial charge >= 0.3 is 0 Å². The van der Waals surface area contributed by atoms with Gasteiger partial charge in [0.1, 0.15) is 5.82 Å². The molecule has 1 aromatic heterocycles. The molecule has 3 nitrogen and oxygen atoms in total. The van der Waals surface area contributed by atoms with Crippen LogP contribution >= 0.6 is 0 Å². The van der Waals surface area contributed by atoms with Crippen LogP contribution in [0, 0.1) is 11.6 Å². The van der Waals surface area contributed by atoms with Gasteiger partial charge in [0, 0.05) is 19.4 Å². The molecule has 2 rings (SSSR count). The molecule has 1 aromatic carbocycles. The first-order valence-electron chi connectivity index (χ1n) is 5.03. The summed E-state index contributed by atoms with van der Waals surface area (Å²) < 4.78 is 28.0. The molecule has 1 heterocycles. The first-order valence-corrected chi connectivity index (χ1v) is 5.03. The van der Waals surface area contributed by atoms with E-state index in [4.69, 9.17) is 0 Å². The highest BCUT2D eigenvalue weighted by atomic mass is 19.2. The second-order valence-electron chi connectivity index (χ2n) is 3.66. The molecule has 88 valence electrons. The normalized spacial score (nSPS) is 10.5. The number of aryl methyl sites for hydroxylation is 1. The van der Waals surface area contributed by atoms with Crippen LogP contribution in [0.15, 0.2) is 30.6 Å². The van der Waals surface area contributed by atoms with Gasteiger partial charge in [0.2, 0.25) is 0 Å². The Bertz CT molecular complexity index is 563. The molecule has 0 saturated carbocycles. The van der Waals surface area contributed by atoms with Gasteiger partial charge in [0.05, 0.1) is 12.0 Å². The van der Waals surface area contributed by atoms with Crippen LogP contribution in [-0.4, -0.2) is 15.3 Å². The first-order chi connectivity index (χ1) is 8.09. The van der Waals surface area contributed by atoms with Gasteiger partial charge in [-0.15, -0.1) is 0 Å². The lowest BCUT2D eigenvalue weighted by atomic mass is 10.1. The highest BCUT2D eigenvalue weighted by molar-refractivity contribution is 5.97. The SMILES string of the molecule is Cn1ccnc1CC(=O)c1cccc(F)c1F. The van der Waals surface area contributed by atoms with Crippen molar-refractivity contribution >= 4 is 5.78 Å². The van der Waals surface area contributed by atoms with Crippen molar-refractivity contribution < 1.29 is 13.6 Å². The minimum atomic E-state index is -1.10. The van der Waals surface area contributed by atoms with Crippen LogP contribution in [0.3, 0.4) is 0 Å². The summed E-state index contributed by atoms with van der Waals surface area (Å²) in [6.07, 6.45) is 3.18. The average Bonchev–Trinajstić information content (AvgIpc) is 2.68. The summed E-state index contributed by atoms with van der Waals surface area (Å²) in [5.41, 5.74) is -0.243. The van der Waals surface area contributed by atoms with E-state index in [2.05, 4.69) is 4.98 Å². The van der Waals surface area contributed by atoms with Crippen LogP contribution in [0.4, 0.5) is 8.78 Å². The topological polar surface area (TPSA) is 34.9 Å². The molecule has 0 aliphatic carbocycles. The molecule has 5 heteroatoms. The average molecular weight is 236 g/mol. The Hall–Kier alpha value is -2.04. The number of Topliss-reactive ketones (excluding diaryl/α,β-unsaturated/α-hetero) is 1. The molecular formula is C12H10F2N2O. The highest BCUT2D eigenvalue weighted by Crippen LogP contribution is 2.13. The fraction of sp³-hybridized carbons (Fsp3) is 0.167. The van der Waals surface area contributed by atoms with E-state index in [0.717, 1.165) is 6.07 Å². The van der Waals surface area contributed by atoms with Crippen LogP contribution in [-0.2, 0) is 13.5 Å². The standard InChI is InChI=1S/C12H10F2N2O/c1-16-6-5-15-11(16)7-10(17)8-3-2-4-9(13)12(8)14/h2-6H,7H2,1H3. The number of carbonyl (C=O) groups excluding carboxylic acids is 1. The number of carbonyl (C=O) groups is 1. The number of imidazole rings is 1. The summed E-state index contributed by atoms with van der Waals surface area (Å²) in [6.45, 7) is 0. The van der Waals surface area contributed by atoms with Crippen molar-refractivity contribution in [2.75, 3.05) is 0 Å². The number of nitrogens with zero attached hydrogens (tertiary/aromatic N) is 2. The van der Waals surface area contributed by atoms with Crippen molar-refractivity contribution in [1.29, 1.82) is 0 Å². The fourth-order valence-corrected chi connectivity index (χ4v) is 1.52. The summed E-state index contributed by atoms with van der Waals surface area (Å²) in [5.74, 6) is -2.10. The quantitative estimate of drug-likeness (QED) is 0.765. The maximum atomic E-state index is 13.4. The summed E-state index contributed by atoms with van der Waals surface area (Å²) in [7, 11) is 1.73. The molecule has 0 N–H and O–H groups in total. The van der Waals surface area contributed by atoms with E-state index in [0.29, 0.717) is 5.82 Å². The number of aromatic nitrogens is 2. The lowest BCUT2D eigenvalue weighted by molar-refractivity contribution is 0.0985. The lowest BCUT2D eigenvalue weighted by Crippen LogP contribution is -2.10. The van der Waals surface area contributed by atoms with E-state index in [-0.39, 0.29) is 12.0 Å². The zero-order valence-corrected chi connectivity index (χ0v) is 9.15. The zero-order valence-electron chi connectivity index (χ0n) is 9.15. The molecule has 0 saturated heterocycles. The Balaban J connectivity index is 2.27. The van der Waals surface area contributed by atoms with Gasteiger partial charge in [-0.2, -0.15) is 0 Å². The predicted molar refractivity (Wildman–Crippen MR) is 57.6 cm³/mol. The maximum Gasteiger partial charge on any atom is 0.173 e. The Morgan fingerprint density at radius 1 is 1.41 bits per heavy atom. The zero-order chi connectivity index (χ0) is 12.4. The molecule has 0 spiro atoms. The Kier molecular flexibility index (Phi) is 2.99. The number of hydrogen-bond donors (Lipinski definition) is 0. The second kappa shape index (κ2) is 4.45. The Morgan fingerprint density at radius 3 is 2.82 bits per heavy atom. The van der Waals surface area contributed by atoms with Crippen molar-refractivity contribution in [1.82, 2.24) is 9.55 Å². The van der Waals surface area contributed by atoms with Crippen LogP contribution in [0.1, 0.15) is 16.2 Å². The first kappa shape index (κ1) is 11.4. The van der Waals surface area contributed by atoms with Crippen molar-refractivity contribution in [2.24, 2.45) is 7.05 Å². The monoisotopic (exact) mass is 236 g/mol. The molecule has 0 radical (unpaired) electrons. The highest BCUT2D eigenvalue weighted by Gasteiger charge is 2.16. The van der Waals surface area contributed by atoms with Gasteiger partial charge in [-0.05, 0) is 12.1 Å². The Morgan fingerprint density at radius 2 is 2.18 bits per heavy atom. The molecule has 2 aromatic rings. The summed E-state index contributed by atoms with van der Waals surface area (Å²) in [4.78, 5) is 15.7. The Labute approximate surface area is 96.7 Å². The van der Waals surface area contributed by atoms with E-state index in [9.17, 15) is 13.6 Å². The third-order valence-electron chi connectivity index (χ3n) is 2.49. The van der Waals surface area contributed by atoms with Crippen molar-refractivity contribution in [2.45, 2.75) is 6.42 Å². The molecule has 0 fully saturated rings. The van der Waals surface area contributed by atoms with Gasteiger partial charge in [-0.25, -0.2) is 13.8 Å². The largest absolute Gasteiger partial charge is 0.338 e. The van der Waals surface area contributed by atoms with Crippen LogP contribution < -0.4 is 0 Å². The molecule has 0 aliphatic heterocycles. The lowest BCUT2D eigenvalue weighted by Gasteiger charge is -2.03. The second-order valence-corrected chi connectivity index (χ2v) is 3.66.